The van der Waals surface area contributed by atoms with Crippen molar-refractivity contribution in [3.05, 3.63) is 54.2 Å². The molecular formula is C27H31F3N3O7PS. The molecular weight excluding hydrogens is 598 g/mol. The number of sulfone groups is 1. The first kappa shape index (κ1) is 31.9. The molecule has 0 saturated carbocycles. The van der Waals surface area contributed by atoms with Gasteiger partial charge in [-0.15, -0.1) is 0 Å². The van der Waals surface area contributed by atoms with E-state index in [4.69, 9.17) is 14.5 Å². The second-order valence-corrected chi connectivity index (χ2v) is 13.3. The molecule has 3 N–H and O–H groups in total. The molecule has 2 heterocycles. The molecule has 0 fully saturated rings. The predicted molar refractivity (Wildman–Crippen MR) is 152 cm³/mol. The van der Waals surface area contributed by atoms with Crippen molar-refractivity contribution in [1.82, 2.24) is 14.9 Å². The number of aromatic amines is 1. The summed E-state index contributed by atoms with van der Waals surface area (Å²) < 4.78 is 85.3. The lowest BCUT2D eigenvalue weighted by Gasteiger charge is -2.23. The SMILES string of the molecule is CCS(=O)(=O)c1cccc(-c2ccc(OCCCN(CCOP(=O)(O)O)CC(F)(F)F)c3[nH]c4ncc(C)cc4c23)c1. The van der Waals surface area contributed by atoms with E-state index < -0.39 is 37.0 Å². The van der Waals surface area contributed by atoms with Crippen molar-refractivity contribution < 1.29 is 45.2 Å². The lowest BCUT2D eigenvalue weighted by Crippen LogP contribution is -2.37. The van der Waals surface area contributed by atoms with E-state index in [0.29, 0.717) is 22.5 Å². The number of nitrogens with zero attached hydrogens (tertiary/aromatic N) is 2. The van der Waals surface area contributed by atoms with Gasteiger partial charge < -0.3 is 19.5 Å². The quantitative estimate of drug-likeness (QED) is 0.134. The average molecular weight is 630 g/mol. The largest absolute Gasteiger partial charge is 0.491 e. The normalized spacial score (nSPS) is 13.0. The van der Waals surface area contributed by atoms with Crippen molar-refractivity contribution in [2.45, 2.75) is 31.3 Å². The Morgan fingerprint density at radius 2 is 1.86 bits per heavy atom. The molecule has 0 spiro atoms. The Hall–Kier alpha value is -3.00. The Bertz CT molecular complexity index is 1720. The molecule has 0 saturated heterocycles. The maximum atomic E-state index is 13.0. The fourth-order valence-electron chi connectivity index (χ4n) is 4.63. The Balaban J connectivity index is 1.60. The molecule has 4 rings (SSSR count). The highest BCUT2D eigenvalue weighted by atomic mass is 32.2. The van der Waals surface area contributed by atoms with Gasteiger partial charge in [0, 0.05) is 30.1 Å². The van der Waals surface area contributed by atoms with E-state index >= 15 is 0 Å². The Kier molecular flexibility index (Phi) is 9.65. The van der Waals surface area contributed by atoms with Gasteiger partial charge in [0.1, 0.15) is 11.4 Å². The van der Waals surface area contributed by atoms with Gasteiger partial charge >= 0.3 is 14.0 Å². The minimum absolute atomic E-state index is 0.0358. The van der Waals surface area contributed by atoms with E-state index in [9.17, 15) is 26.2 Å². The summed E-state index contributed by atoms with van der Waals surface area (Å²) >= 11 is 0. The van der Waals surface area contributed by atoms with E-state index in [2.05, 4.69) is 14.5 Å². The molecule has 10 nitrogen and oxygen atoms in total. The smallest absolute Gasteiger partial charge is 0.469 e. The number of fused-ring (bicyclic) bond motifs is 3. The van der Waals surface area contributed by atoms with Crippen molar-refractivity contribution >= 4 is 39.6 Å². The van der Waals surface area contributed by atoms with Crippen molar-refractivity contribution in [2.24, 2.45) is 0 Å². The molecule has 0 bridgehead atoms. The third-order valence-corrected chi connectivity index (χ3v) is 8.79. The minimum Gasteiger partial charge on any atom is -0.491 e. The predicted octanol–water partition coefficient (Wildman–Crippen LogP) is 5.23. The molecule has 15 heteroatoms. The van der Waals surface area contributed by atoms with Crippen LogP contribution in [-0.2, 0) is 18.9 Å². The van der Waals surface area contributed by atoms with Crippen LogP contribution in [0.1, 0.15) is 18.9 Å². The number of phosphoric ester groups is 1. The fraction of sp³-hybridized carbons (Fsp3) is 0.370. The van der Waals surface area contributed by atoms with Crippen LogP contribution in [0.3, 0.4) is 0 Å². The highest BCUT2D eigenvalue weighted by Crippen LogP contribution is 2.40. The molecule has 0 radical (unpaired) electrons. The molecule has 0 aliphatic heterocycles. The van der Waals surface area contributed by atoms with E-state index in [-0.39, 0.29) is 36.8 Å². The molecule has 2 aromatic heterocycles. The number of rotatable bonds is 13. The summed E-state index contributed by atoms with van der Waals surface area (Å²) in [5.74, 6) is 0.403. The lowest BCUT2D eigenvalue weighted by atomic mass is 9.99. The molecule has 0 aliphatic carbocycles. The van der Waals surface area contributed by atoms with Gasteiger partial charge in [-0.1, -0.05) is 19.1 Å². The van der Waals surface area contributed by atoms with Crippen LogP contribution in [0, 0.1) is 6.92 Å². The molecule has 0 amide bonds. The number of hydrogen-bond donors (Lipinski definition) is 3. The summed E-state index contributed by atoms with van der Waals surface area (Å²) in [5.41, 5.74) is 3.54. The summed E-state index contributed by atoms with van der Waals surface area (Å²) in [6, 6.07) is 12.2. The van der Waals surface area contributed by atoms with Gasteiger partial charge in [0.15, 0.2) is 9.84 Å². The maximum Gasteiger partial charge on any atom is 0.469 e. The number of nitrogens with one attached hydrogen (secondary N) is 1. The maximum absolute atomic E-state index is 13.0. The van der Waals surface area contributed by atoms with E-state index in [1.807, 2.05) is 19.1 Å². The number of aromatic nitrogens is 2. The molecule has 0 unspecified atom stereocenters. The second kappa shape index (κ2) is 12.7. The average Bonchev–Trinajstić information content (AvgIpc) is 3.28. The number of aryl methyl sites for hydroxylation is 1. The third-order valence-electron chi connectivity index (χ3n) is 6.53. The molecule has 4 aromatic rings. The van der Waals surface area contributed by atoms with Crippen molar-refractivity contribution in [3.8, 4) is 16.9 Å². The first-order chi connectivity index (χ1) is 19.7. The van der Waals surface area contributed by atoms with Crippen LogP contribution < -0.4 is 4.74 Å². The van der Waals surface area contributed by atoms with Gasteiger partial charge in [-0.3, -0.25) is 9.42 Å². The zero-order valence-electron chi connectivity index (χ0n) is 22.9. The van der Waals surface area contributed by atoms with E-state index in [1.54, 1.807) is 43.5 Å². The zero-order chi connectivity index (χ0) is 30.7. The van der Waals surface area contributed by atoms with Gasteiger partial charge in [0.05, 0.1) is 35.9 Å². The van der Waals surface area contributed by atoms with Gasteiger partial charge in [-0.2, -0.15) is 13.2 Å². The molecule has 42 heavy (non-hydrogen) atoms. The number of ether oxygens (including phenoxy) is 1. The summed E-state index contributed by atoms with van der Waals surface area (Å²) in [5, 5.41) is 1.56. The Labute approximate surface area is 240 Å². The van der Waals surface area contributed by atoms with Crippen LogP contribution in [-0.4, -0.2) is 77.8 Å². The third kappa shape index (κ3) is 8.09. The standard InChI is InChI=1S/C27H31F3N3O7PS/c1-3-42(37,38)20-7-4-6-19(15-20)21-8-9-23(25-24(21)22-14-18(2)16-31-26(22)32-25)39-12-5-10-33(17-27(28,29)30)11-13-40-41(34,35)36/h4,6-9,14-16H,3,5,10-13,17H2,1-2H3,(H,31,32)(H2,34,35,36). The van der Waals surface area contributed by atoms with Gasteiger partial charge in [0.25, 0.3) is 0 Å². The molecule has 0 atom stereocenters. The topological polar surface area (TPSA) is 142 Å². The van der Waals surface area contributed by atoms with Gasteiger partial charge in [-0.25, -0.2) is 18.0 Å². The molecule has 228 valence electrons. The Morgan fingerprint density at radius 1 is 1.10 bits per heavy atom. The summed E-state index contributed by atoms with van der Waals surface area (Å²) in [7, 11) is -8.23. The van der Waals surface area contributed by atoms with Crippen molar-refractivity contribution in [2.75, 3.05) is 38.6 Å². The number of benzene rings is 2. The molecule has 0 aliphatic rings. The van der Waals surface area contributed by atoms with Crippen LogP contribution in [0.4, 0.5) is 13.2 Å². The van der Waals surface area contributed by atoms with Crippen molar-refractivity contribution in [1.29, 1.82) is 0 Å². The number of pyridine rings is 1. The first-order valence-electron chi connectivity index (χ1n) is 13.0. The number of alkyl halides is 3. The summed E-state index contributed by atoms with van der Waals surface area (Å²) in [6.45, 7) is 1.31. The number of halogens is 3. The number of hydrogen-bond acceptors (Lipinski definition) is 7. The van der Waals surface area contributed by atoms with E-state index in [1.165, 1.54) is 0 Å². The second-order valence-electron chi connectivity index (χ2n) is 9.74. The first-order valence-corrected chi connectivity index (χ1v) is 16.2. The van der Waals surface area contributed by atoms with Gasteiger partial charge in [0.2, 0.25) is 0 Å². The monoisotopic (exact) mass is 629 g/mol. The van der Waals surface area contributed by atoms with Crippen LogP contribution in [0.2, 0.25) is 0 Å². The fourth-order valence-corrected chi connectivity index (χ4v) is 5.88. The number of phosphoric acid groups is 1. The van der Waals surface area contributed by atoms with E-state index in [0.717, 1.165) is 26.8 Å². The lowest BCUT2D eigenvalue weighted by molar-refractivity contribution is -0.146. The van der Waals surface area contributed by atoms with Crippen LogP contribution in [0.15, 0.2) is 53.6 Å². The Morgan fingerprint density at radius 3 is 2.55 bits per heavy atom. The highest BCUT2D eigenvalue weighted by molar-refractivity contribution is 7.91. The van der Waals surface area contributed by atoms with Crippen LogP contribution in [0.5, 0.6) is 5.75 Å². The molecule has 2 aromatic carbocycles. The van der Waals surface area contributed by atoms with Crippen LogP contribution in [0.25, 0.3) is 33.1 Å². The minimum atomic E-state index is -4.79. The van der Waals surface area contributed by atoms with Gasteiger partial charge in [-0.05, 0) is 60.4 Å². The summed E-state index contributed by atoms with van der Waals surface area (Å²) in [6.07, 6.45) is -2.62. The summed E-state index contributed by atoms with van der Waals surface area (Å²) in [4.78, 5) is 26.5. The number of H-pyrrole nitrogens is 1. The zero-order valence-corrected chi connectivity index (χ0v) is 24.6. The highest BCUT2D eigenvalue weighted by Gasteiger charge is 2.30. The van der Waals surface area contributed by atoms with Crippen LogP contribution >= 0.6 is 7.82 Å². The van der Waals surface area contributed by atoms with Crippen molar-refractivity contribution in [3.63, 3.8) is 0 Å².